The summed E-state index contributed by atoms with van der Waals surface area (Å²) >= 11 is 0. The van der Waals surface area contributed by atoms with Crippen LogP contribution in [0.25, 0.3) is 5.82 Å². The summed E-state index contributed by atoms with van der Waals surface area (Å²) in [5, 5.41) is 4.53. The van der Waals surface area contributed by atoms with E-state index in [2.05, 4.69) is 85.0 Å². The molecule has 27 heavy (non-hydrogen) atoms. The molecule has 0 fully saturated rings. The maximum atomic E-state index is 5.01. The van der Waals surface area contributed by atoms with E-state index in [0.717, 1.165) is 30.1 Å². The summed E-state index contributed by atoms with van der Waals surface area (Å²) in [6.45, 7) is 4.17. The summed E-state index contributed by atoms with van der Waals surface area (Å²) in [5.41, 5.74) is 4.21. The van der Waals surface area contributed by atoms with Crippen molar-refractivity contribution >= 4 is 11.5 Å². The SMILES string of the molecule is CCCC1=NC(n2[c-]cc(C)n2)=CC1(c1ccccc1)c1ccccc1.[Ir]. The molecule has 1 aliphatic rings. The largest absolute Gasteiger partial charge is 0.344 e. The second-order valence-electron chi connectivity index (χ2n) is 6.68. The second kappa shape index (κ2) is 8.16. The van der Waals surface area contributed by atoms with Crippen LogP contribution in [0.1, 0.15) is 36.6 Å². The first-order valence-corrected chi connectivity index (χ1v) is 9.10. The van der Waals surface area contributed by atoms with E-state index in [0.29, 0.717) is 0 Å². The molecule has 2 aromatic carbocycles. The van der Waals surface area contributed by atoms with Crippen molar-refractivity contribution in [2.24, 2.45) is 4.99 Å². The van der Waals surface area contributed by atoms with Crippen LogP contribution >= 0.6 is 0 Å². The Kier molecular flexibility index (Phi) is 5.88. The molecule has 139 valence electrons. The minimum Gasteiger partial charge on any atom is -0.344 e. The van der Waals surface area contributed by atoms with Crippen molar-refractivity contribution in [2.45, 2.75) is 32.1 Å². The fourth-order valence-electron chi connectivity index (χ4n) is 3.69. The van der Waals surface area contributed by atoms with Crippen LogP contribution in [-0.4, -0.2) is 15.5 Å². The van der Waals surface area contributed by atoms with Gasteiger partial charge in [0.1, 0.15) is 0 Å². The zero-order valence-electron chi connectivity index (χ0n) is 15.5. The van der Waals surface area contributed by atoms with Gasteiger partial charge in [0.25, 0.3) is 0 Å². The molecule has 0 bridgehead atoms. The van der Waals surface area contributed by atoms with Crippen molar-refractivity contribution in [3.05, 3.63) is 95.8 Å². The summed E-state index contributed by atoms with van der Waals surface area (Å²) in [7, 11) is 0. The number of hydrogen-bond donors (Lipinski definition) is 0. The second-order valence-corrected chi connectivity index (χ2v) is 6.68. The van der Waals surface area contributed by atoms with Crippen LogP contribution in [0.5, 0.6) is 0 Å². The van der Waals surface area contributed by atoms with Gasteiger partial charge in [-0.3, -0.25) is 5.10 Å². The fraction of sp³-hybridized carbons (Fsp3) is 0.217. The van der Waals surface area contributed by atoms with Gasteiger partial charge in [0.15, 0.2) is 0 Å². The van der Waals surface area contributed by atoms with Gasteiger partial charge in [0.2, 0.25) is 0 Å². The first-order chi connectivity index (χ1) is 12.7. The number of aromatic nitrogens is 2. The Hall–Kier alpha value is -2.29. The van der Waals surface area contributed by atoms with Gasteiger partial charge in [-0.1, -0.05) is 93.2 Å². The predicted molar refractivity (Wildman–Crippen MR) is 106 cm³/mol. The molecular formula is C23H22IrN3-. The molecule has 3 aromatic rings. The number of aryl methyl sites for hydroxylation is 1. The molecule has 4 heteroatoms. The Labute approximate surface area is 174 Å². The van der Waals surface area contributed by atoms with E-state index in [9.17, 15) is 0 Å². The molecule has 0 spiro atoms. The minimum atomic E-state index is -0.360. The molecule has 1 aromatic heterocycles. The average Bonchev–Trinajstić information content (AvgIpc) is 3.28. The zero-order chi connectivity index (χ0) is 18.0. The first kappa shape index (κ1) is 19.5. The van der Waals surface area contributed by atoms with E-state index >= 15 is 0 Å². The summed E-state index contributed by atoms with van der Waals surface area (Å²) < 4.78 is 1.76. The molecule has 0 aliphatic carbocycles. The smallest absolute Gasteiger partial charge is 0.0681 e. The molecule has 4 rings (SSSR count). The minimum absolute atomic E-state index is 0. The van der Waals surface area contributed by atoms with E-state index in [1.54, 1.807) is 4.68 Å². The van der Waals surface area contributed by atoms with E-state index in [1.807, 2.05) is 13.0 Å². The Morgan fingerprint density at radius 3 is 2.04 bits per heavy atom. The average molecular weight is 533 g/mol. The predicted octanol–water partition coefficient (Wildman–Crippen LogP) is 5.03. The molecule has 0 N–H and O–H groups in total. The third-order valence-corrected chi connectivity index (χ3v) is 4.87. The van der Waals surface area contributed by atoms with Crippen molar-refractivity contribution in [2.75, 3.05) is 0 Å². The molecule has 0 saturated carbocycles. The molecular weight excluding hydrogens is 510 g/mol. The van der Waals surface area contributed by atoms with Crippen LogP contribution < -0.4 is 0 Å². The van der Waals surface area contributed by atoms with Crippen molar-refractivity contribution in [3.8, 4) is 0 Å². The van der Waals surface area contributed by atoms with E-state index in [-0.39, 0.29) is 25.5 Å². The van der Waals surface area contributed by atoms with Gasteiger partial charge in [-0.25, -0.2) is 0 Å². The van der Waals surface area contributed by atoms with Crippen LogP contribution in [0.2, 0.25) is 0 Å². The molecule has 0 saturated heterocycles. The maximum absolute atomic E-state index is 5.01. The van der Waals surface area contributed by atoms with Crippen molar-refractivity contribution in [3.63, 3.8) is 0 Å². The monoisotopic (exact) mass is 533 g/mol. The Morgan fingerprint density at radius 1 is 0.963 bits per heavy atom. The van der Waals surface area contributed by atoms with Crippen LogP contribution in [0, 0.1) is 13.1 Å². The molecule has 0 atom stereocenters. The Morgan fingerprint density at radius 2 is 1.56 bits per heavy atom. The van der Waals surface area contributed by atoms with E-state index in [1.165, 1.54) is 11.1 Å². The Bertz CT molecular complexity index is 916. The van der Waals surface area contributed by atoms with Crippen molar-refractivity contribution in [1.82, 2.24) is 9.78 Å². The number of hydrogen-bond acceptors (Lipinski definition) is 2. The normalized spacial score (nSPS) is 15.0. The number of aliphatic imine (C=N–C) groups is 1. The first-order valence-electron chi connectivity index (χ1n) is 9.10. The summed E-state index contributed by atoms with van der Waals surface area (Å²) in [6, 6.07) is 23.2. The van der Waals surface area contributed by atoms with Crippen molar-refractivity contribution in [1.29, 1.82) is 0 Å². The van der Waals surface area contributed by atoms with E-state index < -0.39 is 0 Å². The number of rotatable bonds is 5. The Balaban J connectivity index is 0.00000210. The number of nitrogens with zero attached hydrogens (tertiary/aromatic N) is 3. The molecule has 1 aliphatic heterocycles. The number of allylic oxidation sites excluding steroid dienone is 1. The summed E-state index contributed by atoms with van der Waals surface area (Å²) in [6.07, 6.45) is 7.40. The molecule has 0 unspecified atom stereocenters. The van der Waals surface area contributed by atoms with Crippen LogP contribution in [0.15, 0.2) is 77.8 Å². The molecule has 3 nitrogen and oxygen atoms in total. The van der Waals surface area contributed by atoms with Crippen molar-refractivity contribution < 1.29 is 20.1 Å². The maximum Gasteiger partial charge on any atom is 0.0681 e. The van der Waals surface area contributed by atoms with Gasteiger partial charge < -0.3 is 9.67 Å². The standard InChI is InChI=1S/C23H22N3.Ir/c1-3-10-21-23(19-11-6-4-7-12-19,20-13-8-5-9-14-20)17-22(24-21)26-16-15-18(2)25-26;/h4-9,11-15,17H,3,10H2,1-2H3;/q-1;. The van der Waals surface area contributed by atoms with Gasteiger partial charge in [0.05, 0.1) is 5.41 Å². The fourth-order valence-corrected chi connectivity index (χ4v) is 3.69. The van der Waals surface area contributed by atoms with Crippen LogP contribution in [0.4, 0.5) is 0 Å². The topological polar surface area (TPSA) is 30.2 Å². The van der Waals surface area contributed by atoms with E-state index in [4.69, 9.17) is 4.99 Å². The molecule has 0 amide bonds. The third-order valence-electron chi connectivity index (χ3n) is 4.87. The van der Waals surface area contributed by atoms with Gasteiger partial charge in [-0.15, -0.1) is 6.07 Å². The third kappa shape index (κ3) is 3.47. The summed E-state index contributed by atoms with van der Waals surface area (Å²) in [4.78, 5) is 5.01. The summed E-state index contributed by atoms with van der Waals surface area (Å²) in [5.74, 6) is 0.842. The number of benzene rings is 2. The van der Waals surface area contributed by atoms with Gasteiger partial charge in [0, 0.05) is 31.6 Å². The van der Waals surface area contributed by atoms with Gasteiger partial charge in [-0.2, -0.15) is 0 Å². The van der Waals surface area contributed by atoms with Gasteiger partial charge >= 0.3 is 0 Å². The molecule has 1 radical (unpaired) electrons. The van der Waals surface area contributed by atoms with Crippen LogP contribution in [-0.2, 0) is 25.5 Å². The van der Waals surface area contributed by atoms with Gasteiger partial charge in [-0.05, 0) is 23.2 Å². The zero-order valence-corrected chi connectivity index (χ0v) is 17.9. The van der Waals surface area contributed by atoms with Crippen LogP contribution in [0.3, 0.4) is 0 Å². The molecule has 2 heterocycles. The quantitative estimate of drug-likeness (QED) is 0.424.